The number of amides is 1. The topological polar surface area (TPSA) is 75.5 Å². The summed E-state index contributed by atoms with van der Waals surface area (Å²) in [5, 5.41) is 13.5. The van der Waals surface area contributed by atoms with E-state index in [1.165, 1.54) is 29.6 Å². The third-order valence-electron chi connectivity index (χ3n) is 3.85. The number of benzene rings is 2. The van der Waals surface area contributed by atoms with Crippen LogP contribution in [-0.2, 0) is 4.79 Å². The van der Waals surface area contributed by atoms with E-state index < -0.39 is 4.92 Å². The number of non-ortho nitro benzene ring substituents is 1. The first-order valence-corrected chi connectivity index (χ1v) is 9.52. The Morgan fingerprint density at radius 3 is 2.46 bits per heavy atom. The van der Waals surface area contributed by atoms with E-state index in [2.05, 4.69) is 29.3 Å². The van der Waals surface area contributed by atoms with Crippen LogP contribution in [0, 0.1) is 10.1 Å². The number of carbonyl (C=O) groups is 1. The van der Waals surface area contributed by atoms with Crippen LogP contribution in [-0.4, -0.2) is 36.2 Å². The number of nitro benzene ring substituents is 1. The SMILES string of the molecule is CCN(CCCNC(=O)CSc1ccc([N+](=O)[O-])cc1)c1ccccc1. The standard InChI is InChI=1S/C19H23N3O3S/c1-2-21(16-7-4-3-5-8-16)14-6-13-20-19(23)15-26-18-11-9-17(10-12-18)22(24)25/h3-5,7-12H,2,6,13-15H2,1H3,(H,20,23). The van der Waals surface area contributed by atoms with Crippen LogP contribution in [0.1, 0.15) is 13.3 Å². The molecule has 138 valence electrons. The molecule has 0 aliphatic rings. The van der Waals surface area contributed by atoms with Crippen molar-refractivity contribution < 1.29 is 9.72 Å². The van der Waals surface area contributed by atoms with E-state index in [0.29, 0.717) is 12.3 Å². The number of nitrogens with zero attached hydrogens (tertiary/aromatic N) is 2. The Kier molecular flexibility index (Phi) is 7.95. The summed E-state index contributed by atoms with van der Waals surface area (Å²) in [5.74, 6) is 0.268. The van der Waals surface area contributed by atoms with E-state index in [4.69, 9.17) is 0 Å². The zero-order chi connectivity index (χ0) is 18.8. The second-order valence-corrected chi connectivity index (χ2v) is 6.71. The largest absolute Gasteiger partial charge is 0.372 e. The molecule has 0 atom stereocenters. The van der Waals surface area contributed by atoms with Crippen molar-refractivity contribution in [1.29, 1.82) is 0 Å². The summed E-state index contributed by atoms with van der Waals surface area (Å²) in [4.78, 5) is 25.2. The second kappa shape index (κ2) is 10.5. The lowest BCUT2D eigenvalue weighted by molar-refractivity contribution is -0.384. The van der Waals surface area contributed by atoms with Crippen LogP contribution in [0.5, 0.6) is 0 Å². The highest BCUT2D eigenvalue weighted by Gasteiger charge is 2.07. The molecule has 1 N–H and O–H groups in total. The van der Waals surface area contributed by atoms with E-state index >= 15 is 0 Å². The molecule has 6 nitrogen and oxygen atoms in total. The number of nitrogens with one attached hydrogen (secondary N) is 1. The molecule has 0 saturated heterocycles. The number of thioether (sulfide) groups is 1. The van der Waals surface area contributed by atoms with Gasteiger partial charge < -0.3 is 10.2 Å². The van der Waals surface area contributed by atoms with Crippen molar-refractivity contribution in [2.75, 3.05) is 30.3 Å². The molecule has 0 aliphatic heterocycles. The maximum absolute atomic E-state index is 11.9. The zero-order valence-electron chi connectivity index (χ0n) is 14.8. The van der Waals surface area contributed by atoms with E-state index in [-0.39, 0.29) is 11.6 Å². The maximum Gasteiger partial charge on any atom is 0.269 e. The Hall–Kier alpha value is -2.54. The monoisotopic (exact) mass is 373 g/mol. The fourth-order valence-corrected chi connectivity index (χ4v) is 3.20. The Labute approximate surface area is 157 Å². The minimum Gasteiger partial charge on any atom is -0.372 e. The van der Waals surface area contributed by atoms with Crippen LogP contribution in [0.25, 0.3) is 0 Å². The Bertz CT molecular complexity index is 708. The van der Waals surface area contributed by atoms with E-state index in [1.54, 1.807) is 12.1 Å². The molecule has 0 unspecified atom stereocenters. The summed E-state index contributed by atoms with van der Waals surface area (Å²) in [5.41, 5.74) is 1.24. The van der Waals surface area contributed by atoms with Crippen LogP contribution in [0.4, 0.5) is 11.4 Å². The lowest BCUT2D eigenvalue weighted by Crippen LogP contribution is -2.30. The molecule has 0 bridgehead atoms. The highest BCUT2D eigenvalue weighted by molar-refractivity contribution is 8.00. The lowest BCUT2D eigenvalue weighted by atomic mass is 10.2. The normalized spacial score (nSPS) is 10.3. The lowest BCUT2D eigenvalue weighted by Gasteiger charge is -2.23. The summed E-state index contributed by atoms with van der Waals surface area (Å²) < 4.78 is 0. The fraction of sp³-hybridized carbons (Fsp3) is 0.316. The number of hydrogen-bond donors (Lipinski definition) is 1. The van der Waals surface area contributed by atoms with Crippen LogP contribution < -0.4 is 10.2 Å². The average molecular weight is 373 g/mol. The number of rotatable bonds is 10. The first kappa shape index (κ1) is 19.8. The van der Waals surface area contributed by atoms with Crippen LogP contribution in [0.15, 0.2) is 59.5 Å². The Morgan fingerprint density at radius 1 is 1.15 bits per heavy atom. The van der Waals surface area contributed by atoms with E-state index in [9.17, 15) is 14.9 Å². The summed E-state index contributed by atoms with van der Waals surface area (Å²) in [6, 6.07) is 16.4. The van der Waals surface area contributed by atoms with Crippen LogP contribution in [0.3, 0.4) is 0 Å². The molecule has 0 fully saturated rings. The van der Waals surface area contributed by atoms with Crippen molar-refractivity contribution in [3.8, 4) is 0 Å². The van der Waals surface area contributed by atoms with E-state index in [0.717, 1.165) is 24.4 Å². The minimum absolute atomic E-state index is 0.0314. The van der Waals surface area contributed by atoms with Crippen molar-refractivity contribution in [3.63, 3.8) is 0 Å². The highest BCUT2D eigenvalue weighted by Crippen LogP contribution is 2.21. The average Bonchev–Trinajstić information content (AvgIpc) is 2.67. The van der Waals surface area contributed by atoms with Crippen LogP contribution >= 0.6 is 11.8 Å². The Morgan fingerprint density at radius 2 is 1.85 bits per heavy atom. The van der Waals surface area contributed by atoms with Crippen molar-refractivity contribution in [2.24, 2.45) is 0 Å². The maximum atomic E-state index is 11.9. The van der Waals surface area contributed by atoms with Gasteiger partial charge in [-0.15, -0.1) is 11.8 Å². The number of carbonyl (C=O) groups excluding carboxylic acids is 1. The molecule has 7 heteroatoms. The molecule has 2 aromatic rings. The Balaban J connectivity index is 1.66. The van der Waals surface area contributed by atoms with Gasteiger partial charge in [0.25, 0.3) is 5.69 Å². The minimum atomic E-state index is -0.434. The van der Waals surface area contributed by atoms with Gasteiger partial charge in [-0.05, 0) is 37.6 Å². The predicted molar refractivity (Wildman–Crippen MR) is 106 cm³/mol. The predicted octanol–water partition coefficient (Wildman–Crippen LogP) is 3.72. The van der Waals surface area contributed by atoms with Gasteiger partial charge in [0.15, 0.2) is 0 Å². The molecule has 0 aliphatic carbocycles. The number of para-hydroxylation sites is 1. The van der Waals surface area contributed by atoms with Gasteiger partial charge in [-0.3, -0.25) is 14.9 Å². The van der Waals surface area contributed by atoms with Gasteiger partial charge >= 0.3 is 0 Å². The van der Waals surface area contributed by atoms with Crippen LogP contribution in [0.2, 0.25) is 0 Å². The molecule has 0 radical (unpaired) electrons. The molecule has 0 aromatic heterocycles. The van der Waals surface area contributed by atoms with Crippen molar-refractivity contribution >= 4 is 29.0 Å². The van der Waals surface area contributed by atoms with Gasteiger partial charge in [0, 0.05) is 42.3 Å². The highest BCUT2D eigenvalue weighted by atomic mass is 32.2. The molecule has 0 spiro atoms. The van der Waals surface area contributed by atoms with Crippen molar-refractivity contribution in [1.82, 2.24) is 5.32 Å². The number of nitro groups is 1. The van der Waals surface area contributed by atoms with Crippen molar-refractivity contribution in [2.45, 2.75) is 18.2 Å². The van der Waals surface area contributed by atoms with Gasteiger partial charge in [-0.1, -0.05) is 18.2 Å². The fourth-order valence-electron chi connectivity index (χ4n) is 2.47. The van der Waals surface area contributed by atoms with Gasteiger partial charge in [0.1, 0.15) is 0 Å². The quantitative estimate of drug-likeness (QED) is 0.297. The third kappa shape index (κ3) is 6.40. The summed E-state index contributed by atoms with van der Waals surface area (Å²) in [6.45, 7) is 4.56. The summed E-state index contributed by atoms with van der Waals surface area (Å²) >= 11 is 1.37. The van der Waals surface area contributed by atoms with E-state index in [1.807, 2.05) is 18.2 Å². The van der Waals surface area contributed by atoms with Gasteiger partial charge in [0.05, 0.1) is 10.7 Å². The van der Waals surface area contributed by atoms with Crippen molar-refractivity contribution in [3.05, 3.63) is 64.7 Å². The van der Waals surface area contributed by atoms with Gasteiger partial charge in [0.2, 0.25) is 5.91 Å². The molecular formula is C19H23N3O3S. The first-order valence-electron chi connectivity index (χ1n) is 8.54. The van der Waals surface area contributed by atoms with Gasteiger partial charge in [-0.2, -0.15) is 0 Å². The zero-order valence-corrected chi connectivity index (χ0v) is 15.6. The molecular weight excluding hydrogens is 350 g/mol. The molecule has 1 amide bonds. The summed E-state index contributed by atoms with van der Waals surface area (Å²) in [6.07, 6.45) is 0.872. The molecule has 2 rings (SSSR count). The number of hydrogen-bond acceptors (Lipinski definition) is 5. The molecule has 0 saturated carbocycles. The first-order chi connectivity index (χ1) is 12.6. The number of anilines is 1. The smallest absolute Gasteiger partial charge is 0.269 e. The third-order valence-corrected chi connectivity index (χ3v) is 4.86. The second-order valence-electron chi connectivity index (χ2n) is 5.66. The summed E-state index contributed by atoms with van der Waals surface area (Å²) in [7, 11) is 0. The molecule has 0 heterocycles. The molecule has 2 aromatic carbocycles. The molecule has 26 heavy (non-hydrogen) atoms. The van der Waals surface area contributed by atoms with Gasteiger partial charge in [-0.25, -0.2) is 0 Å².